The Kier molecular flexibility index (Phi) is 5.94. The molecule has 1 spiro atoms. The molecule has 0 aromatic carbocycles. The van der Waals surface area contributed by atoms with E-state index in [-0.39, 0.29) is 18.5 Å². The molecule has 154 valence electrons. The van der Waals surface area contributed by atoms with E-state index in [1.54, 1.807) is 35.7 Å². The largest absolute Gasteiger partial charge is 0.383 e. The molecule has 0 radical (unpaired) electrons. The topological polar surface area (TPSA) is 66.0 Å². The van der Waals surface area contributed by atoms with Gasteiger partial charge >= 0.3 is 6.03 Å². The molecular weight excluding hydrogens is 388 g/mol. The summed E-state index contributed by atoms with van der Waals surface area (Å²) in [5.74, 6) is -0.0855. The van der Waals surface area contributed by atoms with Gasteiger partial charge in [0.15, 0.2) is 0 Å². The van der Waals surface area contributed by atoms with E-state index in [0.717, 1.165) is 25.2 Å². The summed E-state index contributed by atoms with van der Waals surface area (Å²) < 4.78 is 5.22. The van der Waals surface area contributed by atoms with E-state index in [1.807, 2.05) is 12.1 Å². The summed E-state index contributed by atoms with van der Waals surface area (Å²) >= 11 is 1.70. The number of carbonyl (C=O) groups is 2. The highest BCUT2D eigenvalue weighted by molar-refractivity contribution is 7.07. The zero-order valence-electron chi connectivity index (χ0n) is 16.6. The molecule has 2 fully saturated rings. The molecule has 0 unspecified atom stereocenters. The fraction of sp³-hybridized carbons (Fsp3) is 0.476. The number of aromatic nitrogens is 1. The third-order valence-corrected chi connectivity index (χ3v) is 6.61. The van der Waals surface area contributed by atoms with Crippen LogP contribution in [0.1, 0.15) is 24.0 Å². The van der Waals surface area contributed by atoms with E-state index in [9.17, 15) is 9.59 Å². The van der Waals surface area contributed by atoms with E-state index in [4.69, 9.17) is 4.74 Å². The van der Waals surface area contributed by atoms with Crippen molar-refractivity contribution in [3.63, 3.8) is 0 Å². The SMILES string of the molecule is COCCN1C(=O)N(Cc2cccnc2)C(=O)C12CCN(Cc1ccsc1)CC2. The van der Waals surface area contributed by atoms with Crippen molar-refractivity contribution in [2.24, 2.45) is 0 Å². The third-order valence-electron chi connectivity index (χ3n) is 5.87. The minimum absolute atomic E-state index is 0.0855. The van der Waals surface area contributed by atoms with Crippen LogP contribution in [-0.4, -0.2) is 70.5 Å². The summed E-state index contributed by atoms with van der Waals surface area (Å²) in [6.07, 6.45) is 4.69. The Hall–Kier alpha value is -2.29. The van der Waals surface area contributed by atoms with E-state index in [2.05, 4.69) is 26.7 Å². The smallest absolute Gasteiger partial charge is 0.328 e. The van der Waals surface area contributed by atoms with Crippen molar-refractivity contribution in [3.05, 3.63) is 52.5 Å². The van der Waals surface area contributed by atoms with E-state index >= 15 is 0 Å². The van der Waals surface area contributed by atoms with Crippen molar-refractivity contribution in [2.45, 2.75) is 31.5 Å². The number of nitrogens with zero attached hydrogens (tertiary/aromatic N) is 4. The number of hydrogen-bond donors (Lipinski definition) is 0. The predicted molar refractivity (Wildman–Crippen MR) is 110 cm³/mol. The van der Waals surface area contributed by atoms with Crippen LogP contribution in [0.2, 0.25) is 0 Å². The number of likely N-dealkylation sites (tertiary alicyclic amines) is 1. The van der Waals surface area contributed by atoms with E-state index in [0.29, 0.717) is 26.0 Å². The fourth-order valence-corrected chi connectivity index (χ4v) is 4.95. The molecule has 2 aromatic rings. The average Bonchev–Trinajstić information content (AvgIpc) is 3.32. The average molecular weight is 415 g/mol. The summed E-state index contributed by atoms with van der Waals surface area (Å²) in [5, 5.41) is 4.25. The normalized spacial score (nSPS) is 19.5. The summed E-state index contributed by atoms with van der Waals surface area (Å²) in [6, 6.07) is 5.63. The van der Waals surface area contributed by atoms with Crippen LogP contribution in [0, 0.1) is 0 Å². The molecular formula is C21H26N4O3S. The number of hydrogen-bond acceptors (Lipinski definition) is 6. The Balaban J connectivity index is 1.52. The number of piperidine rings is 1. The first-order valence-electron chi connectivity index (χ1n) is 9.89. The number of thiophene rings is 1. The lowest BCUT2D eigenvalue weighted by molar-refractivity contribution is -0.136. The van der Waals surface area contributed by atoms with Crippen LogP contribution in [0.5, 0.6) is 0 Å². The molecule has 4 rings (SSSR count). The van der Waals surface area contributed by atoms with Gasteiger partial charge in [0.2, 0.25) is 0 Å². The van der Waals surface area contributed by atoms with Crippen molar-refractivity contribution < 1.29 is 14.3 Å². The molecule has 0 aliphatic carbocycles. The van der Waals surface area contributed by atoms with Gasteiger partial charge < -0.3 is 9.64 Å². The summed E-state index contributed by atoms with van der Waals surface area (Å²) in [7, 11) is 1.62. The minimum atomic E-state index is -0.761. The highest BCUT2D eigenvalue weighted by Crippen LogP contribution is 2.38. The molecule has 8 heteroatoms. The molecule has 2 aliphatic rings. The zero-order valence-corrected chi connectivity index (χ0v) is 17.4. The molecule has 4 heterocycles. The number of carbonyl (C=O) groups excluding carboxylic acids is 2. The highest BCUT2D eigenvalue weighted by atomic mass is 32.1. The molecule has 0 atom stereocenters. The molecule has 7 nitrogen and oxygen atoms in total. The van der Waals surface area contributed by atoms with Gasteiger partial charge in [-0.2, -0.15) is 11.3 Å². The first-order chi connectivity index (χ1) is 14.1. The maximum atomic E-state index is 13.5. The molecule has 0 saturated carbocycles. The first kappa shape index (κ1) is 20.0. The predicted octanol–water partition coefficient (Wildman–Crippen LogP) is 2.59. The maximum Gasteiger partial charge on any atom is 0.328 e. The van der Waals surface area contributed by atoms with Crippen molar-refractivity contribution in [1.29, 1.82) is 0 Å². The standard InChI is InChI=1S/C21H26N4O3S/c1-28-11-10-25-20(27)24(15-17-3-2-7-22-13-17)19(26)21(25)5-8-23(9-6-21)14-18-4-12-29-16-18/h2-4,7,12-13,16H,5-6,8-11,14-15H2,1H3. The molecule has 29 heavy (non-hydrogen) atoms. The summed E-state index contributed by atoms with van der Waals surface area (Å²) in [5.41, 5.74) is 1.39. The van der Waals surface area contributed by atoms with Gasteiger partial charge in [-0.3, -0.25) is 19.6 Å². The van der Waals surface area contributed by atoms with Gasteiger partial charge in [-0.25, -0.2) is 4.79 Å². The number of rotatable bonds is 7. The minimum Gasteiger partial charge on any atom is -0.383 e. The number of pyridine rings is 1. The van der Waals surface area contributed by atoms with Crippen molar-refractivity contribution in [1.82, 2.24) is 19.7 Å². The number of ether oxygens (including phenoxy) is 1. The van der Waals surface area contributed by atoms with Gasteiger partial charge in [-0.15, -0.1) is 0 Å². The van der Waals surface area contributed by atoms with Crippen molar-refractivity contribution in [2.75, 3.05) is 33.4 Å². The second kappa shape index (κ2) is 8.61. The van der Waals surface area contributed by atoms with Gasteiger partial charge in [0.25, 0.3) is 5.91 Å². The van der Waals surface area contributed by atoms with Crippen LogP contribution in [-0.2, 0) is 22.6 Å². The molecule has 2 aromatic heterocycles. The second-order valence-electron chi connectivity index (χ2n) is 7.62. The van der Waals surface area contributed by atoms with E-state index < -0.39 is 5.54 Å². The van der Waals surface area contributed by atoms with Crippen LogP contribution in [0.15, 0.2) is 41.4 Å². The first-order valence-corrected chi connectivity index (χ1v) is 10.8. The van der Waals surface area contributed by atoms with Gasteiger partial charge in [-0.05, 0) is 46.9 Å². The molecule has 2 aliphatic heterocycles. The Bertz CT molecular complexity index is 835. The van der Waals surface area contributed by atoms with Crippen molar-refractivity contribution >= 4 is 23.3 Å². The van der Waals surface area contributed by atoms with Gasteiger partial charge in [-0.1, -0.05) is 6.07 Å². The van der Waals surface area contributed by atoms with Crippen molar-refractivity contribution in [3.8, 4) is 0 Å². The quantitative estimate of drug-likeness (QED) is 0.652. The third kappa shape index (κ3) is 3.92. The number of methoxy groups -OCH3 is 1. The van der Waals surface area contributed by atoms with Crippen LogP contribution in [0.3, 0.4) is 0 Å². The van der Waals surface area contributed by atoms with Gasteiger partial charge in [0, 0.05) is 45.7 Å². The number of amides is 3. The Morgan fingerprint density at radius 3 is 2.66 bits per heavy atom. The Morgan fingerprint density at radius 1 is 1.17 bits per heavy atom. The molecule has 0 bridgehead atoms. The lowest BCUT2D eigenvalue weighted by atomic mass is 9.85. The molecule has 0 N–H and O–H groups in total. The van der Waals surface area contributed by atoms with E-state index in [1.165, 1.54) is 10.5 Å². The number of urea groups is 1. The fourth-order valence-electron chi connectivity index (χ4n) is 4.29. The maximum absolute atomic E-state index is 13.5. The van der Waals surface area contributed by atoms with Gasteiger partial charge in [0.05, 0.1) is 13.2 Å². The highest BCUT2D eigenvalue weighted by Gasteiger charge is 2.57. The number of imide groups is 1. The summed E-state index contributed by atoms with van der Waals surface area (Å²) in [6.45, 7) is 3.57. The lowest BCUT2D eigenvalue weighted by Crippen LogP contribution is -2.57. The lowest BCUT2D eigenvalue weighted by Gasteiger charge is -2.42. The van der Waals surface area contributed by atoms with Crippen LogP contribution in [0.4, 0.5) is 4.79 Å². The van der Waals surface area contributed by atoms with Crippen LogP contribution >= 0.6 is 11.3 Å². The van der Waals surface area contributed by atoms with Crippen LogP contribution in [0.25, 0.3) is 0 Å². The monoisotopic (exact) mass is 414 g/mol. The molecule has 3 amide bonds. The Morgan fingerprint density at radius 2 is 2.00 bits per heavy atom. The Labute approximate surface area is 174 Å². The zero-order chi connectivity index (χ0) is 20.3. The summed E-state index contributed by atoms with van der Waals surface area (Å²) in [4.78, 5) is 36.3. The second-order valence-corrected chi connectivity index (χ2v) is 8.40. The van der Waals surface area contributed by atoms with Gasteiger partial charge in [0.1, 0.15) is 5.54 Å². The van der Waals surface area contributed by atoms with Crippen LogP contribution < -0.4 is 0 Å². The molecule has 2 saturated heterocycles.